The van der Waals surface area contributed by atoms with Gasteiger partial charge in [0, 0.05) is 11.6 Å². The van der Waals surface area contributed by atoms with Gasteiger partial charge in [-0.05, 0) is 24.6 Å². The number of hydrogen-bond donors (Lipinski definition) is 1. The average Bonchev–Trinajstić information content (AvgIpc) is 2.45. The first-order valence-electron chi connectivity index (χ1n) is 6.43. The fourth-order valence-electron chi connectivity index (χ4n) is 1.92. The highest BCUT2D eigenvalue weighted by atomic mass is 19.4. The predicted molar refractivity (Wildman–Crippen MR) is 70.0 cm³/mol. The summed E-state index contributed by atoms with van der Waals surface area (Å²) in [6.07, 6.45) is -4.15. The van der Waals surface area contributed by atoms with Gasteiger partial charge < -0.3 is 5.32 Å². The van der Waals surface area contributed by atoms with E-state index in [1.807, 2.05) is 0 Å². The van der Waals surface area contributed by atoms with Gasteiger partial charge >= 0.3 is 6.18 Å². The number of nitrogens with zero attached hydrogens (tertiary/aromatic N) is 2. The Morgan fingerprint density at radius 2 is 1.82 bits per heavy atom. The molecule has 1 aromatic carbocycles. The molecule has 0 aliphatic carbocycles. The third kappa shape index (κ3) is 3.69. The summed E-state index contributed by atoms with van der Waals surface area (Å²) in [6, 6.07) is 4.47. The van der Waals surface area contributed by atoms with Gasteiger partial charge in [0.1, 0.15) is 17.5 Å². The van der Waals surface area contributed by atoms with Crippen LogP contribution in [0.5, 0.6) is 0 Å². The number of alkyl halides is 3. The van der Waals surface area contributed by atoms with Crippen molar-refractivity contribution < 1.29 is 22.0 Å². The fraction of sp³-hybridized carbons (Fsp3) is 0.286. The normalized spacial score (nSPS) is 13.0. The van der Waals surface area contributed by atoms with Crippen LogP contribution >= 0.6 is 0 Å². The molecular formula is C14H12F5N3. The quantitative estimate of drug-likeness (QED) is 0.853. The maximum Gasteiger partial charge on any atom is 0.435 e. The first-order chi connectivity index (χ1) is 10.3. The first kappa shape index (κ1) is 16.1. The van der Waals surface area contributed by atoms with Crippen LogP contribution in [0, 0.1) is 11.6 Å². The maximum atomic E-state index is 13.7. The van der Waals surface area contributed by atoms with Crippen molar-refractivity contribution in [2.45, 2.75) is 25.6 Å². The lowest BCUT2D eigenvalue weighted by molar-refractivity contribution is -0.141. The summed E-state index contributed by atoms with van der Waals surface area (Å²) >= 11 is 0. The first-order valence-corrected chi connectivity index (χ1v) is 6.43. The molecule has 0 saturated carbocycles. The van der Waals surface area contributed by atoms with Crippen molar-refractivity contribution in [1.82, 2.24) is 10.2 Å². The second kappa shape index (κ2) is 6.25. The summed E-state index contributed by atoms with van der Waals surface area (Å²) in [5.74, 6) is -1.37. The van der Waals surface area contributed by atoms with Crippen molar-refractivity contribution in [2.75, 3.05) is 5.32 Å². The summed E-state index contributed by atoms with van der Waals surface area (Å²) in [5, 5.41) is 9.28. The number of halogens is 5. The number of aromatic nitrogens is 2. The van der Waals surface area contributed by atoms with Crippen LogP contribution in [0.2, 0.25) is 0 Å². The van der Waals surface area contributed by atoms with E-state index in [4.69, 9.17) is 0 Å². The van der Waals surface area contributed by atoms with Crippen molar-refractivity contribution in [1.29, 1.82) is 0 Å². The molecule has 1 atom stereocenters. The zero-order chi connectivity index (χ0) is 16.3. The topological polar surface area (TPSA) is 37.8 Å². The van der Waals surface area contributed by atoms with Gasteiger partial charge in [0.15, 0.2) is 5.69 Å². The average molecular weight is 317 g/mol. The molecule has 0 radical (unpaired) electrons. The molecule has 1 N–H and O–H groups in total. The van der Waals surface area contributed by atoms with E-state index in [2.05, 4.69) is 15.5 Å². The Morgan fingerprint density at radius 1 is 1.09 bits per heavy atom. The van der Waals surface area contributed by atoms with Crippen LogP contribution in [0.25, 0.3) is 0 Å². The minimum atomic E-state index is -4.57. The second-order valence-corrected chi connectivity index (χ2v) is 4.57. The Morgan fingerprint density at radius 3 is 2.32 bits per heavy atom. The molecule has 8 heteroatoms. The second-order valence-electron chi connectivity index (χ2n) is 4.57. The summed E-state index contributed by atoms with van der Waals surface area (Å²) < 4.78 is 63.8. The van der Waals surface area contributed by atoms with Crippen molar-refractivity contribution in [2.24, 2.45) is 0 Å². The molecule has 0 aliphatic heterocycles. The molecule has 0 amide bonds. The molecular weight excluding hydrogens is 305 g/mol. The van der Waals surface area contributed by atoms with Crippen molar-refractivity contribution >= 4 is 5.82 Å². The standard InChI is InChI=1S/C14H12F5N3/c1-2-11(9-4-3-8(15)7-10(9)16)20-13-6-5-12(21-22-13)14(17,18)19/h3-7,11H,2H2,1H3,(H,20,22)/t11-/m1/s1. The van der Waals surface area contributed by atoms with Crippen molar-refractivity contribution in [3.05, 3.63) is 53.2 Å². The van der Waals surface area contributed by atoms with Crippen LogP contribution in [0.3, 0.4) is 0 Å². The summed E-state index contributed by atoms with van der Waals surface area (Å²) in [7, 11) is 0. The van der Waals surface area contributed by atoms with Gasteiger partial charge in [0.25, 0.3) is 0 Å². The lowest BCUT2D eigenvalue weighted by atomic mass is 10.0. The molecule has 0 unspecified atom stereocenters. The Balaban J connectivity index is 2.20. The van der Waals surface area contributed by atoms with E-state index in [1.165, 1.54) is 6.07 Å². The van der Waals surface area contributed by atoms with Crippen molar-refractivity contribution in [3.63, 3.8) is 0 Å². The number of benzene rings is 1. The van der Waals surface area contributed by atoms with Crippen LogP contribution in [-0.2, 0) is 6.18 Å². The Labute approximate surface area is 123 Å². The smallest absolute Gasteiger partial charge is 0.362 e. The predicted octanol–water partition coefficient (Wildman–Crippen LogP) is 4.34. The molecule has 22 heavy (non-hydrogen) atoms. The Hall–Kier alpha value is -2.25. The van der Waals surface area contributed by atoms with Gasteiger partial charge in [0.05, 0.1) is 6.04 Å². The Kier molecular flexibility index (Phi) is 4.58. The minimum absolute atomic E-state index is 0.0728. The van der Waals surface area contributed by atoms with Crippen LogP contribution < -0.4 is 5.32 Å². The minimum Gasteiger partial charge on any atom is -0.362 e. The van der Waals surface area contributed by atoms with Gasteiger partial charge in [-0.2, -0.15) is 13.2 Å². The molecule has 0 aliphatic rings. The molecule has 2 aromatic rings. The third-order valence-electron chi connectivity index (χ3n) is 3.02. The Bertz CT molecular complexity index is 640. The van der Waals surface area contributed by atoms with E-state index in [0.29, 0.717) is 6.42 Å². The van der Waals surface area contributed by atoms with Crippen LogP contribution in [0.15, 0.2) is 30.3 Å². The number of anilines is 1. The van der Waals surface area contributed by atoms with E-state index in [0.717, 1.165) is 24.3 Å². The van der Waals surface area contributed by atoms with Gasteiger partial charge in [-0.3, -0.25) is 0 Å². The van der Waals surface area contributed by atoms with E-state index >= 15 is 0 Å². The number of rotatable bonds is 4. The van der Waals surface area contributed by atoms with Crippen LogP contribution in [0.1, 0.15) is 30.6 Å². The number of hydrogen-bond acceptors (Lipinski definition) is 3. The molecule has 2 rings (SSSR count). The monoisotopic (exact) mass is 317 g/mol. The zero-order valence-corrected chi connectivity index (χ0v) is 11.5. The van der Waals surface area contributed by atoms with Crippen molar-refractivity contribution in [3.8, 4) is 0 Å². The molecule has 1 heterocycles. The molecule has 0 saturated heterocycles. The van der Waals surface area contributed by atoms with Gasteiger partial charge in [-0.15, -0.1) is 10.2 Å². The zero-order valence-electron chi connectivity index (χ0n) is 11.5. The number of nitrogens with one attached hydrogen (secondary N) is 1. The highest BCUT2D eigenvalue weighted by Crippen LogP contribution is 2.28. The van der Waals surface area contributed by atoms with Crippen LogP contribution in [0.4, 0.5) is 27.8 Å². The van der Waals surface area contributed by atoms with Gasteiger partial charge in [0.2, 0.25) is 0 Å². The van der Waals surface area contributed by atoms with Crippen LogP contribution in [-0.4, -0.2) is 10.2 Å². The molecule has 3 nitrogen and oxygen atoms in total. The molecule has 0 fully saturated rings. The van der Waals surface area contributed by atoms with Gasteiger partial charge in [-0.1, -0.05) is 13.0 Å². The van der Waals surface area contributed by atoms with E-state index in [1.54, 1.807) is 6.92 Å². The molecule has 0 bridgehead atoms. The lowest BCUT2D eigenvalue weighted by Crippen LogP contribution is -2.15. The maximum absolute atomic E-state index is 13.7. The third-order valence-corrected chi connectivity index (χ3v) is 3.02. The highest BCUT2D eigenvalue weighted by Gasteiger charge is 2.33. The summed E-state index contributed by atoms with van der Waals surface area (Å²) in [6.45, 7) is 1.75. The van der Waals surface area contributed by atoms with E-state index < -0.39 is 29.5 Å². The largest absolute Gasteiger partial charge is 0.435 e. The molecule has 118 valence electrons. The van der Waals surface area contributed by atoms with Gasteiger partial charge in [-0.25, -0.2) is 8.78 Å². The molecule has 1 aromatic heterocycles. The lowest BCUT2D eigenvalue weighted by Gasteiger charge is -2.18. The SMILES string of the molecule is CC[C@@H](Nc1ccc(C(F)(F)F)nn1)c1ccc(F)cc1F. The summed E-state index contributed by atoms with van der Waals surface area (Å²) in [4.78, 5) is 0. The fourth-order valence-corrected chi connectivity index (χ4v) is 1.92. The summed E-state index contributed by atoms with van der Waals surface area (Å²) in [5.41, 5.74) is -0.912. The van der Waals surface area contributed by atoms with E-state index in [9.17, 15) is 22.0 Å². The highest BCUT2D eigenvalue weighted by molar-refractivity contribution is 5.38. The molecule has 0 spiro atoms. The van der Waals surface area contributed by atoms with E-state index in [-0.39, 0.29) is 11.4 Å².